The van der Waals surface area contributed by atoms with E-state index in [4.69, 9.17) is 4.99 Å². The van der Waals surface area contributed by atoms with Crippen molar-refractivity contribution in [3.63, 3.8) is 0 Å². The Hall–Kier alpha value is -2.48. The second-order valence-corrected chi connectivity index (χ2v) is 5.02. The van der Waals surface area contributed by atoms with Crippen LogP contribution in [-0.2, 0) is 0 Å². The van der Waals surface area contributed by atoms with Crippen molar-refractivity contribution in [2.75, 3.05) is 6.54 Å². The molecular weight excluding hydrogens is 256 g/mol. The highest BCUT2D eigenvalue weighted by molar-refractivity contribution is 6.18. The molecule has 0 bridgehead atoms. The van der Waals surface area contributed by atoms with Crippen molar-refractivity contribution in [3.05, 3.63) is 77.6 Å². The highest BCUT2D eigenvalue weighted by Gasteiger charge is 2.13. The van der Waals surface area contributed by atoms with Gasteiger partial charge in [-0.15, -0.1) is 0 Å². The summed E-state index contributed by atoms with van der Waals surface area (Å²) in [6.07, 6.45) is 1.86. The molecule has 0 aliphatic heterocycles. The first-order chi connectivity index (χ1) is 10.3. The zero-order valence-electron chi connectivity index (χ0n) is 12.4. The number of benzene rings is 2. The molecule has 2 nitrogen and oxygen atoms in total. The molecule has 0 radical (unpaired) electrons. The SMILES string of the molecule is CCN=C(c1ccccc1C)c1nccc2ccccc12. The zero-order valence-corrected chi connectivity index (χ0v) is 12.4. The van der Waals surface area contributed by atoms with Crippen LogP contribution in [0.4, 0.5) is 0 Å². The Balaban J connectivity index is 2.27. The second-order valence-electron chi connectivity index (χ2n) is 5.02. The molecule has 0 fully saturated rings. The Labute approximate surface area is 125 Å². The molecule has 2 aromatic carbocycles. The smallest absolute Gasteiger partial charge is 0.0966 e. The first kappa shape index (κ1) is 13.5. The van der Waals surface area contributed by atoms with Gasteiger partial charge in [0.15, 0.2) is 0 Å². The first-order valence-corrected chi connectivity index (χ1v) is 7.26. The molecule has 0 saturated carbocycles. The first-order valence-electron chi connectivity index (χ1n) is 7.26. The van der Waals surface area contributed by atoms with Gasteiger partial charge in [0.1, 0.15) is 0 Å². The predicted octanol–water partition coefficient (Wildman–Crippen LogP) is 4.40. The summed E-state index contributed by atoms with van der Waals surface area (Å²) in [5.41, 5.74) is 4.32. The summed E-state index contributed by atoms with van der Waals surface area (Å²) in [4.78, 5) is 9.34. The number of fused-ring (bicyclic) bond motifs is 1. The normalized spacial score (nSPS) is 11.8. The standard InChI is InChI=1S/C19H18N2/c1-3-20-18(16-10-6-4-8-14(16)2)19-17-11-7-5-9-15(17)12-13-21-19/h4-13H,3H2,1-2H3. The molecular formula is C19H18N2. The van der Waals surface area contributed by atoms with Crippen molar-refractivity contribution >= 4 is 16.5 Å². The monoisotopic (exact) mass is 274 g/mol. The lowest BCUT2D eigenvalue weighted by molar-refractivity contribution is 1.12. The summed E-state index contributed by atoms with van der Waals surface area (Å²) in [5.74, 6) is 0. The van der Waals surface area contributed by atoms with Crippen LogP contribution in [0, 0.1) is 6.92 Å². The van der Waals surface area contributed by atoms with E-state index in [0.29, 0.717) is 0 Å². The van der Waals surface area contributed by atoms with Crippen LogP contribution in [0.1, 0.15) is 23.7 Å². The average molecular weight is 274 g/mol. The topological polar surface area (TPSA) is 25.2 Å². The van der Waals surface area contributed by atoms with Gasteiger partial charge in [0.05, 0.1) is 11.4 Å². The van der Waals surface area contributed by atoms with Crippen molar-refractivity contribution < 1.29 is 0 Å². The minimum absolute atomic E-state index is 0.745. The van der Waals surface area contributed by atoms with Gasteiger partial charge in [0, 0.05) is 23.7 Å². The van der Waals surface area contributed by atoms with Crippen LogP contribution in [-0.4, -0.2) is 17.2 Å². The van der Waals surface area contributed by atoms with Gasteiger partial charge >= 0.3 is 0 Å². The maximum absolute atomic E-state index is 4.73. The number of aromatic nitrogens is 1. The third-order valence-corrected chi connectivity index (χ3v) is 3.61. The number of nitrogens with zero attached hydrogens (tertiary/aromatic N) is 2. The van der Waals surface area contributed by atoms with Gasteiger partial charge in [0.2, 0.25) is 0 Å². The summed E-state index contributed by atoms with van der Waals surface area (Å²) in [6, 6.07) is 18.7. The molecule has 2 heteroatoms. The van der Waals surface area contributed by atoms with Gasteiger partial charge in [-0.05, 0) is 30.9 Å². The van der Waals surface area contributed by atoms with E-state index in [1.54, 1.807) is 0 Å². The van der Waals surface area contributed by atoms with Crippen molar-refractivity contribution in [1.82, 2.24) is 4.98 Å². The molecule has 3 aromatic rings. The quantitative estimate of drug-likeness (QED) is 0.650. The fourth-order valence-corrected chi connectivity index (χ4v) is 2.59. The number of hydrogen-bond donors (Lipinski definition) is 0. The van der Waals surface area contributed by atoms with Crippen LogP contribution in [0.5, 0.6) is 0 Å². The van der Waals surface area contributed by atoms with E-state index in [-0.39, 0.29) is 0 Å². The summed E-state index contributed by atoms with van der Waals surface area (Å²) in [5, 5.41) is 2.34. The molecule has 0 aliphatic carbocycles. The Morgan fingerprint density at radius 3 is 2.57 bits per heavy atom. The third-order valence-electron chi connectivity index (χ3n) is 3.61. The Bertz CT molecular complexity index is 798. The molecule has 0 atom stereocenters. The summed E-state index contributed by atoms with van der Waals surface area (Å²) in [7, 11) is 0. The fraction of sp³-hybridized carbons (Fsp3) is 0.158. The van der Waals surface area contributed by atoms with Crippen LogP contribution >= 0.6 is 0 Å². The molecule has 21 heavy (non-hydrogen) atoms. The summed E-state index contributed by atoms with van der Waals surface area (Å²) >= 11 is 0. The zero-order chi connectivity index (χ0) is 14.7. The fourth-order valence-electron chi connectivity index (χ4n) is 2.59. The Kier molecular flexibility index (Phi) is 3.78. The molecule has 3 rings (SSSR count). The van der Waals surface area contributed by atoms with Gasteiger partial charge < -0.3 is 0 Å². The van der Waals surface area contributed by atoms with Crippen molar-refractivity contribution in [1.29, 1.82) is 0 Å². The molecule has 0 amide bonds. The van der Waals surface area contributed by atoms with Crippen LogP contribution in [0.15, 0.2) is 65.8 Å². The summed E-state index contributed by atoms with van der Waals surface area (Å²) in [6.45, 7) is 4.92. The lowest BCUT2D eigenvalue weighted by Crippen LogP contribution is -2.09. The van der Waals surface area contributed by atoms with E-state index in [1.165, 1.54) is 10.9 Å². The molecule has 1 aromatic heterocycles. The van der Waals surface area contributed by atoms with Crippen molar-refractivity contribution in [3.8, 4) is 0 Å². The number of pyridine rings is 1. The van der Waals surface area contributed by atoms with Crippen LogP contribution in [0.2, 0.25) is 0 Å². The highest BCUT2D eigenvalue weighted by Crippen LogP contribution is 2.21. The average Bonchev–Trinajstić information content (AvgIpc) is 2.53. The molecule has 0 unspecified atom stereocenters. The highest BCUT2D eigenvalue weighted by atomic mass is 14.8. The number of aliphatic imine (C=N–C) groups is 1. The lowest BCUT2D eigenvalue weighted by atomic mass is 9.98. The van der Waals surface area contributed by atoms with E-state index < -0.39 is 0 Å². The molecule has 1 heterocycles. The van der Waals surface area contributed by atoms with E-state index in [0.717, 1.165) is 28.9 Å². The minimum atomic E-state index is 0.745. The molecule has 0 aliphatic rings. The molecule has 104 valence electrons. The van der Waals surface area contributed by atoms with Crippen LogP contribution in [0.3, 0.4) is 0 Å². The third kappa shape index (κ3) is 2.57. The predicted molar refractivity (Wildman–Crippen MR) is 89.1 cm³/mol. The largest absolute Gasteiger partial charge is 0.283 e. The van der Waals surface area contributed by atoms with Gasteiger partial charge in [-0.25, -0.2) is 0 Å². The van der Waals surface area contributed by atoms with Crippen LogP contribution in [0.25, 0.3) is 10.8 Å². The molecule has 0 N–H and O–H groups in total. The van der Waals surface area contributed by atoms with Gasteiger partial charge in [-0.3, -0.25) is 9.98 Å². The van der Waals surface area contributed by atoms with E-state index in [9.17, 15) is 0 Å². The van der Waals surface area contributed by atoms with Crippen molar-refractivity contribution in [2.24, 2.45) is 4.99 Å². The minimum Gasteiger partial charge on any atom is -0.283 e. The Morgan fingerprint density at radius 2 is 1.76 bits per heavy atom. The number of aryl methyl sites for hydroxylation is 1. The van der Waals surface area contributed by atoms with E-state index in [2.05, 4.69) is 67.4 Å². The van der Waals surface area contributed by atoms with Gasteiger partial charge in [0.25, 0.3) is 0 Å². The maximum Gasteiger partial charge on any atom is 0.0966 e. The van der Waals surface area contributed by atoms with E-state index in [1.807, 2.05) is 12.3 Å². The van der Waals surface area contributed by atoms with Gasteiger partial charge in [-0.1, -0.05) is 48.5 Å². The maximum atomic E-state index is 4.73. The van der Waals surface area contributed by atoms with E-state index >= 15 is 0 Å². The number of hydrogen-bond acceptors (Lipinski definition) is 2. The lowest BCUT2D eigenvalue weighted by Gasteiger charge is -2.11. The molecule has 0 saturated heterocycles. The second kappa shape index (κ2) is 5.88. The van der Waals surface area contributed by atoms with Crippen molar-refractivity contribution in [2.45, 2.75) is 13.8 Å². The number of rotatable bonds is 3. The Morgan fingerprint density at radius 1 is 1.00 bits per heavy atom. The van der Waals surface area contributed by atoms with Crippen LogP contribution < -0.4 is 0 Å². The molecule has 0 spiro atoms. The summed E-state index contributed by atoms with van der Waals surface area (Å²) < 4.78 is 0. The van der Waals surface area contributed by atoms with Gasteiger partial charge in [-0.2, -0.15) is 0 Å².